The first kappa shape index (κ1) is 21.0. The number of aliphatic imine (C=N–C) groups is 1. The number of piperazine rings is 1. The molecule has 0 bridgehead atoms. The van der Waals surface area contributed by atoms with Crippen LogP contribution in [0.2, 0.25) is 0 Å². The van der Waals surface area contributed by atoms with E-state index >= 15 is 0 Å². The molecule has 1 saturated heterocycles. The van der Waals surface area contributed by atoms with Gasteiger partial charge in [-0.25, -0.2) is 4.98 Å². The lowest BCUT2D eigenvalue weighted by molar-refractivity contribution is 0.312. The maximum absolute atomic E-state index is 4.61. The molecule has 2 rings (SSSR count). The minimum absolute atomic E-state index is 0. The van der Waals surface area contributed by atoms with Gasteiger partial charge < -0.3 is 20.4 Å². The number of anilines is 1. The summed E-state index contributed by atoms with van der Waals surface area (Å²) in [6.07, 6.45) is 1.95. The van der Waals surface area contributed by atoms with Crippen LogP contribution in [0.5, 0.6) is 0 Å². The van der Waals surface area contributed by atoms with Crippen LogP contribution in [0.4, 0.5) is 5.82 Å². The Balaban J connectivity index is 0.00000288. The third-order valence-corrected chi connectivity index (χ3v) is 4.00. The number of hydrogen-bond acceptors (Lipinski definition) is 4. The first-order valence-corrected chi connectivity index (χ1v) is 8.41. The van der Waals surface area contributed by atoms with E-state index < -0.39 is 0 Å². The number of pyridine rings is 1. The maximum Gasteiger partial charge on any atom is 0.191 e. The Morgan fingerprint density at radius 1 is 1.21 bits per heavy atom. The van der Waals surface area contributed by atoms with Gasteiger partial charge in [-0.15, -0.1) is 24.0 Å². The summed E-state index contributed by atoms with van der Waals surface area (Å²) in [6, 6.07) is 4.26. The molecule has 1 aliphatic heterocycles. The Kier molecular flexibility index (Phi) is 9.35. The summed E-state index contributed by atoms with van der Waals surface area (Å²) in [7, 11) is 3.96. The number of likely N-dealkylation sites (N-methyl/N-ethyl adjacent to an activating group) is 1. The second-order valence-electron chi connectivity index (χ2n) is 6.52. The molecule has 136 valence electrons. The molecule has 0 amide bonds. The topological polar surface area (TPSA) is 55.8 Å². The molecule has 0 saturated carbocycles. The maximum atomic E-state index is 4.61. The summed E-state index contributed by atoms with van der Waals surface area (Å²) in [6.45, 7) is 10.3. The summed E-state index contributed by atoms with van der Waals surface area (Å²) in [4.78, 5) is 13.5. The van der Waals surface area contributed by atoms with Crippen molar-refractivity contribution in [2.75, 3.05) is 51.7 Å². The van der Waals surface area contributed by atoms with Crippen molar-refractivity contribution < 1.29 is 0 Å². The van der Waals surface area contributed by atoms with Crippen LogP contribution in [0.25, 0.3) is 0 Å². The molecule has 0 atom stereocenters. The Morgan fingerprint density at radius 2 is 1.92 bits per heavy atom. The fraction of sp³-hybridized carbons (Fsp3) is 0.647. The average Bonchev–Trinajstić information content (AvgIpc) is 2.56. The number of guanidine groups is 1. The van der Waals surface area contributed by atoms with E-state index in [1.807, 2.05) is 6.20 Å². The van der Waals surface area contributed by atoms with Crippen LogP contribution in [-0.2, 0) is 6.54 Å². The summed E-state index contributed by atoms with van der Waals surface area (Å²) in [5, 5.41) is 6.64. The smallest absolute Gasteiger partial charge is 0.191 e. The highest BCUT2D eigenvalue weighted by Gasteiger charge is 2.14. The number of rotatable bonds is 5. The first-order valence-electron chi connectivity index (χ1n) is 8.41. The molecular weight excluding hydrogens is 415 g/mol. The van der Waals surface area contributed by atoms with E-state index in [-0.39, 0.29) is 24.0 Å². The van der Waals surface area contributed by atoms with Gasteiger partial charge in [0, 0.05) is 52.5 Å². The van der Waals surface area contributed by atoms with Gasteiger partial charge in [0.15, 0.2) is 5.96 Å². The largest absolute Gasteiger partial charge is 0.356 e. The van der Waals surface area contributed by atoms with Gasteiger partial charge in [-0.1, -0.05) is 19.9 Å². The van der Waals surface area contributed by atoms with Crippen molar-refractivity contribution >= 4 is 35.8 Å². The van der Waals surface area contributed by atoms with Gasteiger partial charge >= 0.3 is 0 Å². The van der Waals surface area contributed by atoms with Crippen molar-refractivity contribution in [3.63, 3.8) is 0 Å². The van der Waals surface area contributed by atoms with Crippen molar-refractivity contribution in [2.24, 2.45) is 10.9 Å². The molecule has 2 N–H and O–H groups in total. The highest BCUT2D eigenvalue weighted by Crippen LogP contribution is 2.13. The third-order valence-electron chi connectivity index (χ3n) is 4.00. The molecule has 0 unspecified atom stereocenters. The number of nitrogens with zero attached hydrogens (tertiary/aromatic N) is 4. The zero-order valence-electron chi connectivity index (χ0n) is 15.2. The lowest BCUT2D eigenvalue weighted by Gasteiger charge is -2.33. The number of aromatic nitrogens is 1. The van der Waals surface area contributed by atoms with Gasteiger partial charge in [0.1, 0.15) is 5.82 Å². The van der Waals surface area contributed by atoms with Crippen molar-refractivity contribution in [2.45, 2.75) is 20.4 Å². The molecule has 6 nitrogen and oxygen atoms in total. The molecule has 0 aromatic carbocycles. The quantitative estimate of drug-likeness (QED) is 0.410. The van der Waals surface area contributed by atoms with Crippen LogP contribution in [-0.4, -0.2) is 62.7 Å². The Labute approximate surface area is 163 Å². The van der Waals surface area contributed by atoms with Gasteiger partial charge in [0.2, 0.25) is 0 Å². The van der Waals surface area contributed by atoms with Gasteiger partial charge in [-0.2, -0.15) is 0 Å². The Hall–Kier alpha value is -1.09. The van der Waals surface area contributed by atoms with E-state index in [0.717, 1.165) is 56.6 Å². The summed E-state index contributed by atoms with van der Waals surface area (Å²) in [5.74, 6) is 2.50. The monoisotopic (exact) mass is 446 g/mol. The van der Waals surface area contributed by atoms with Gasteiger partial charge in [-0.05, 0) is 24.6 Å². The normalized spacial score (nSPS) is 16.0. The van der Waals surface area contributed by atoms with Crippen LogP contribution < -0.4 is 15.5 Å². The molecule has 0 spiro atoms. The van der Waals surface area contributed by atoms with E-state index in [9.17, 15) is 0 Å². The SMILES string of the molecule is CN=C(NCc1ccc(N2CCN(C)CC2)nc1)NCC(C)C.I. The minimum Gasteiger partial charge on any atom is -0.356 e. The molecule has 1 aliphatic rings. The third kappa shape index (κ3) is 6.80. The Bertz CT molecular complexity index is 494. The van der Waals surface area contributed by atoms with Gasteiger partial charge in [0.25, 0.3) is 0 Å². The van der Waals surface area contributed by atoms with Crippen molar-refractivity contribution in [1.82, 2.24) is 20.5 Å². The van der Waals surface area contributed by atoms with Crippen LogP contribution in [0, 0.1) is 5.92 Å². The fourth-order valence-corrected chi connectivity index (χ4v) is 2.45. The standard InChI is InChI=1S/C17H30N6.HI/c1-14(2)11-20-17(18-3)21-13-15-5-6-16(19-12-15)23-9-7-22(4)8-10-23;/h5-6,12,14H,7-11,13H2,1-4H3,(H2,18,20,21);1H. The van der Waals surface area contributed by atoms with Crippen LogP contribution >= 0.6 is 24.0 Å². The molecule has 7 heteroatoms. The fourth-order valence-electron chi connectivity index (χ4n) is 2.45. The minimum atomic E-state index is 0. The average molecular weight is 446 g/mol. The second kappa shape index (κ2) is 10.7. The molecule has 1 aromatic heterocycles. The summed E-state index contributed by atoms with van der Waals surface area (Å²) < 4.78 is 0. The molecule has 2 heterocycles. The Morgan fingerprint density at radius 3 is 2.46 bits per heavy atom. The van der Waals surface area contributed by atoms with Crippen LogP contribution in [0.15, 0.2) is 23.3 Å². The number of halogens is 1. The number of hydrogen-bond donors (Lipinski definition) is 2. The summed E-state index contributed by atoms with van der Waals surface area (Å²) >= 11 is 0. The van der Waals surface area contributed by atoms with Crippen LogP contribution in [0.3, 0.4) is 0 Å². The van der Waals surface area contributed by atoms with E-state index in [1.54, 1.807) is 7.05 Å². The predicted molar refractivity (Wildman–Crippen MR) is 112 cm³/mol. The molecule has 24 heavy (non-hydrogen) atoms. The second-order valence-corrected chi connectivity index (χ2v) is 6.52. The zero-order valence-corrected chi connectivity index (χ0v) is 17.6. The highest BCUT2D eigenvalue weighted by atomic mass is 127. The van der Waals surface area contributed by atoms with Crippen molar-refractivity contribution in [3.05, 3.63) is 23.9 Å². The van der Waals surface area contributed by atoms with Crippen molar-refractivity contribution in [3.8, 4) is 0 Å². The van der Waals surface area contributed by atoms with Gasteiger partial charge in [0.05, 0.1) is 0 Å². The molecule has 0 radical (unpaired) electrons. The van der Waals surface area contributed by atoms with E-state index in [4.69, 9.17) is 0 Å². The zero-order chi connectivity index (χ0) is 16.7. The highest BCUT2D eigenvalue weighted by molar-refractivity contribution is 14.0. The molecular formula is C17H31IN6. The van der Waals surface area contributed by atoms with E-state index in [2.05, 4.69) is 63.4 Å². The number of nitrogens with one attached hydrogen (secondary N) is 2. The molecule has 1 aromatic rings. The lowest BCUT2D eigenvalue weighted by Crippen LogP contribution is -2.44. The van der Waals surface area contributed by atoms with Crippen molar-refractivity contribution in [1.29, 1.82) is 0 Å². The first-order chi connectivity index (χ1) is 11.1. The molecule has 1 fully saturated rings. The van der Waals surface area contributed by atoms with E-state index in [1.165, 1.54) is 0 Å². The lowest BCUT2D eigenvalue weighted by atomic mass is 10.2. The van der Waals surface area contributed by atoms with E-state index in [0.29, 0.717) is 5.92 Å². The molecule has 0 aliphatic carbocycles. The summed E-state index contributed by atoms with van der Waals surface area (Å²) in [5.41, 5.74) is 1.16. The van der Waals surface area contributed by atoms with Gasteiger partial charge in [-0.3, -0.25) is 4.99 Å². The predicted octanol–water partition coefficient (Wildman–Crippen LogP) is 1.77. The van der Waals surface area contributed by atoms with Crippen LogP contribution in [0.1, 0.15) is 19.4 Å².